The van der Waals surface area contributed by atoms with E-state index in [1.54, 1.807) is 24.3 Å². The second-order valence-electron chi connectivity index (χ2n) is 6.02. The smallest absolute Gasteiger partial charge is 0.506 e. The summed E-state index contributed by atoms with van der Waals surface area (Å²) < 4.78 is 41.0. The number of rotatable bonds is 4. The Labute approximate surface area is 154 Å². The van der Waals surface area contributed by atoms with Crippen LogP contribution in [0.5, 0.6) is 11.5 Å². The third kappa shape index (κ3) is 4.60. The topological polar surface area (TPSA) is 44.7 Å². The molecule has 1 aliphatic heterocycles. The van der Waals surface area contributed by atoms with Crippen LogP contribution in [0.4, 0.5) is 13.2 Å². The normalized spacial score (nSPS) is 17.1. The van der Waals surface area contributed by atoms with Gasteiger partial charge in [-0.1, -0.05) is 29.8 Å². The lowest BCUT2D eigenvalue weighted by Gasteiger charge is -2.35. The van der Waals surface area contributed by atoms with Crippen molar-refractivity contribution in [3.8, 4) is 11.5 Å². The van der Waals surface area contributed by atoms with Crippen LogP contribution in [0, 0.1) is 0 Å². The standard InChI is InChI=1S/C18H18ClF3N2O2/c19-15-11-13(3-6-16(15)25)17(24-9-7-23-8-10-24)12-1-4-14(5-2-12)26-18(20,21)22/h1-6,11,17,23,25H,7-10H2/t17-/m1/s1. The summed E-state index contributed by atoms with van der Waals surface area (Å²) >= 11 is 6.06. The maximum atomic E-state index is 12.4. The number of ether oxygens (including phenoxy) is 1. The fourth-order valence-electron chi connectivity index (χ4n) is 3.10. The summed E-state index contributed by atoms with van der Waals surface area (Å²) in [7, 11) is 0. The Morgan fingerprint density at radius 3 is 2.23 bits per heavy atom. The van der Waals surface area contributed by atoms with Crippen LogP contribution in [-0.2, 0) is 0 Å². The Kier molecular flexibility index (Phi) is 5.60. The highest BCUT2D eigenvalue weighted by atomic mass is 35.5. The second-order valence-corrected chi connectivity index (χ2v) is 6.42. The highest BCUT2D eigenvalue weighted by molar-refractivity contribution is 6.32. The molecule has 0 amide bonds. The zero-order valence-corrected chi connectivity index (χ0v) is 14.5. The van der Waals surface area contributed by atoms with E-state index in [0.29, 0.717) is 0 Å². The highest BCUT2D eigenvalue weighted by Crippen LogP contribution is 2.34. The van der Waals surface area contributed by atoms with Gasteiger partial charge in [0.1, 0.15) is 11.5 Å². The van der Waals surface area contributed by atoms with Crippen molar-refractivity contribution >= 4 is 11.6 Å². The predicted molar refractivity (Wildman–Crippen MR) is 92.5 cm³/mol. The van der Waals surface area contributed by atoms with E-state index in [-0.39, 0.29) is 22.6 Å². The third-order valence-electron chi connectivity index (χ3n) is 4.23. The summed E-state index contributed by atoms with van der Waals surface area (Å²) in [6.07, 6.45) is -4.72. The van der Waals surface area contributed by atoms with Crippen LogP contribution in [-0.4, -0.2) is 42.5 Å². The van der Waals surface area contributed by atoms with Gasteiger partial charge in [0.25, 0.3) is 0 Å². The number of piperazine rings is 1. The van der Waals surface area contributed by atoms with Gasteiger partial charge >= 0.3 is 6.36 Å². The molecule has 0 spiro atoms. The monoisotopic (exact) mass is 386 g/mol. The van der Waals surface area contributed by atoms with Crippen molar-refractivity contribution in [2.24, 2.45) is 0 Å². The Hall–Kier alpha value is -1.96. The van der Waals surface area contributed by atoms with Crippen molar-refractivity contribution in [2.75, 3.05) is 26.2 Å². The van der Waals surface area contributed by atoms with Crippen LogP contribution in [0.2, 0.25) is 5.02 Å². The molecule has 1 saturated heterocycles. The lowest BCUT2D eigenvalue weighted by molar-refractivity contribution is -0.274. The number of phenolic OH excluding ortho intramolecular Hbond substituents is 1. The van der Waals surface area contributed by atoms with Gasteiger partial charge < -0.3 is 15.2 Å². The zero-order valence-electron chi connectivity index (χ0n) is 13.8. The molecule has 2 N–H and O–H groups in total. The Morgan fingerprint density at radius 2 is 1.65 bits per heavy atom. The molecule has 2 aromatic rings. The van der Waals surface area contributed by atoms with Gasteiger partial charge in [0.05, 0.1) is 11.1 Å². The number of nitrogens with zero attached hydrogens (tertiary/aromatic N) is 1. The Bertz CT molecular complexity index is 747. The van der Waals surface area contributed by atoms with Crippen LogP contribution in [0.3, 0.4) is 0 Å². The fraction of sp³-hybridized carbons (Fsp3) is 0.333. The first kappa shape index (κ1) is 18.8. The van der Waals surface area contributed by atoms with Crippen molar-refractivity contribution in [2.45, 2.75) is 12.4 Å². The number of nitrogens with one attached hydrogen (secondary N) is 1. The SMILES string of the molecule is Oc1ccc([C@@H](c2ccc(OC(F)(F)F)cc2)N2CCNCC2)cc1Cl. The van der Waals surface area contributed by atoms with Crippen molar-refractivity contribution in [3.05, 3.63) is 58.6 Å². The molecule has 26 heavy (non-hydrogen) atoms. The molecule has 1 fully saturated rings. The molecule has 1 atom stereocenters. The molecular weight excluding hydrogens is 369 g/mol. The first-order valence-electron chi connectivity index (χ1n) is 8.12. The van der Waals surface area contributed by atoms with Crippen LogP contribution < -0.4 is 10.1 Å². The number of phenols is 1. The molecule has 0 saturated carbocycles. The number of halogens is 4. The minimum Gasteiger partial charge on any atom is -0.506 e. The summed E-state index contributed by atoms with van der Waals surface area (Å²) in [5.41, 5.74) is 1.68. The number of aromatic hydroxyl groups is 1. The van der Waals surface area contributed by atoms with Gasteiger partial charge in [-0.25, -0.2) is 0 Å². The summed E-state index contributed by atoms with van der Waals surface area (Å²) in [6.45, 7) is 3.20. The maximum Gasteiger partial charge on any atom is 0.573 e. The van der Waals surface area contributed by atoms with Crippen molar-refractivity contribution in [3.63, 3.8) is 0 Å². The number of hydrogen-bond donors (Lipinski definition) is 2. The molecule has 4 nitrogen and oxygen atoms in total. The van der Waals surface area contributed by atoms with Gasteiger partial charge in [-0.2, -0.15) is 0 Å². The molecular formula is C18H18ClF3N2O2. The summed E-state index contributed by atoms with van der Waals surface area (Å²) in [5.74, 6) is -0.271. The zero-order chi connectivity index (χ0) is 18.7. The van der Waals surface area contributed by atoms with Crippen LogP contribution in [0.15, 0.2) is 42.5 Å². The lowest BCUT2D eigenvalue weighted by Crippen LogP contribution is -2.45. The van der Waals surface area contributed by atoms with Gasteiger partial charge in [-0.3, -0.25) is 4.90 Å². The molecule has 8 heteroatoms. The van der Waals surface area contributed by atoms with Crippen molar-refractivity contribution in [1.29, 1.82) is 0 Å². The molecule has 2 aromatic carbocycles. The molecule has 1 heterocycles. The maximum absolute atomic E-state index is 12.4. The quantitative estimate of drug-likeness (QED) is 0.835. The molecule has 0 aromatic heterocycles. The van der Waals surface area contributed by atoms with E-state index in [1.165, 1.54) is 18.2 Å². The fourth-order valence-corrected chi connectivity index (χ4v) is 3.29. The van der Waals surface area contributed by atoms with Crippen LogP contribution >= 0.6 is 11.6 Å². The van der Waals surface area contributed by atoms with Gasteiger partial charge in [0.15, 0.2) is 0 Å². The van der Waals surface area contributed by atoms with Gasteiger partial charge in [0.2, 0.25) is 0 Å². The van der Waals surface area contributed by atoms with E-state index in [1.807, 2.05) is 0 Å². The Morgan fingerprint density at radius 1 is 1.04 bits per heavy atom. The van der Waals surface area contributed by atoms with E-state index < -0.39 is 6.36 Å². The number of hydrogen-bond acceptors (Lipinski definition) is 4. The largest absolute Gasteiger partial charge is 0.573 e. The van der Waals surface area contributed by atoms with E-state index in [2.05, 4.69) is 15.0 Å². The molecule has 0 radical (unpaired) electrons. The minimum atomic E-state index is -4.72. The average Bonchev–Trinajstić information content (AvgIpc) is 2.59. The van der Waals surface area contributed by atoms with Crippen molar-refractivity contribution in [1.82, 2.24) is 10.2 Å². The molecule has 1 aliphatic rings. The highest BCUT2D eigenvalue weighted by Gasteiger charge is 2.31. The molecule has 0 aliphatic carbocycles. The van der Waals surface area contributed by atoms with Gasteiger partial charge in [-0.15, -0.1) is 13.2 Å². The Balaban J connectivity index is 1.93. The number of alkyl halides is 3. The number of benzene rings is 2. The minimum absolute atomic E-state index is 0.0107. The van der Waals surface area contributed by atoms with Gasteiger partial charge in [0, 0.05) is 26.2 Å². The van der Waals surface area contributed by atoms with E-state index in [4.69, 9.17) is 11.6 Å². The summed E-state index contributed by atoms with van der Waals surface area (Å²) in [4.78, 5) is 2.22. The third-order valence-corrected chi connectivity index (χ3v) is 4.54. The second kappa shape index (κ2) is 7.73. The van der Waals surface area contributed by atoms with Crippen LogP contribution in [0.25, 0.3) is 0 Å². The van der Waals surface area contributed by atoms with Crippen molar-refractivity contribution < 1.29 is 23.0 Å². The van der Waals surface area contributed by atoms with E-state index >= 15 is 0 Å². The molecule has 0 unspecified atom stereocenters. The van der Waals surface area contributed by atoms with Gasteiger partial charge in [-0.05, 0) is 35.4 Å². The molecule has 140 valence electrons. The lowest BCUT2D eigenvalue weighted by atomic mass is 9.96. The average molecular weight is 387 g/mol. The summed E-state index contributed by atoms with van der Waals surface area (Å²) in [6, 6.07) is 10.6. The first-order chi connectivity index (χ1) is 12.3. The molecule has 0 bridgehead atoms. The predicted octanol–water partition coefficient (Wildman–Crippen LogP) is 3.94. The first-order valence-corrected chi connectivity index (χ1v) is 8.50. The summed E-state index contributed by atoms with van der Waals surface area (Å²) in [5, 5.41) is 13.2. The van der Waals surface area contributed by atoms with Crippen LogP contribution in [0.1, 0.15) is 17.2 Å². The molecule has 3 rings (SSSR count). The van der Waals surface area contributed by atoms with E-state index in [9.17, 15) is 18.3 Å². The van der Waals surface area contributed by atoms with E-state index in [0.717, 1.165) is 37.3 Å².